The van der Waals surface area contributed by atoms with Crippen molar-refractivity contribution < 1.29 is 13.8 Å². The number of likely N-dealkylation sites (tertiary alicyclic amines) is 1. The van der Waals surface area contributed by atoms with Crippen molar-refractivity contribution in [1.29, 1.82) is 0 Å². The lowest BCUT2D eigenvalue weighted by atomic mass is 10.2. The van der Waals surface area contributed by atoms with Gasteiger partial charge in [-0.1, -0.05) is 0 Å². The molecule has 16 heavy (non-hydrogen) atoms. The number of nitrogens with zero attached hydrogens (tertiary/aromatic N) is 1. The monoisotopic (exact) mass is 246 g/mol. The quantitative estimate of drug-likeness (QED) is 0.664. The van der Waals surface area contributed by atoms with Gasteiger partial charge in [0.2, 0.25) is 11.8 Å². The molecule has 0 aromatic carbocycles. The standard InChI is InChI=1S/C10H18N2O3S/c1-7(4-5-16(3)15)11-8-6-9(13)12(2)10(8)14/h7-8,11H,4-6H2,1-3H3. The largest absolute Gasteiger partial charge is 0.303 e. The Morgan fingerprint density at radius 2 is 2.19 bits per heavy atom. The molecule has 1 N–H and O–H groups in total. The molecule has 0 aliphatic carbocycles. The van der Waals surface area contributed by atoms with Crippen molar-refractivity contribution in [2.24, 2.45) is 0 Å². The molecule has 2 amide bonds. The lowest BCUT2D eigenvalue weighted by Gasteiger charge is -2.17. The van der Waals surface area contributed by atoms with Crippen molar-refractivity contribution in [2.45, 2.75) is 31.8 Å². The number of amides is 2. The molecule has 0 saturated carbocycles. The van der Waals surface area contributed by atoms with Crippen molar-refractivity contribution in [3.63, 3.8) is 0 Å². The molecule has 1 rings (SSSR count). The number of nitrogens with one attached hydrogen (secondary N) is 1. The third kappa shape index (κ3) is 3.38. The summed E-state index contributed by atoms with van der Waals surface area (Å²) in [6, 6.07) is -0.310. The summed E-state index contributed by atoms with van der Waals surface area (Å²) in [5.41, 5.74) is 0. The van der Waals surface area contributed by atoms with E-state index >= 15 is 0 Å². The van der Waals surface area contributed by atoms with E-state index in [1.54, 1.807) is 6.26 Å². The van der Waals surface area contributed by atoms with E-state index in [9.17, 15) is 13.8 Å². The summed E-state index contributed by atoms with van der Waals surface area (Å²) in [5.74, 6) is 0.294. The Morgan fingerprint density at radius 3 is 2.62 bits per heavy atom. The van der Waals surface area contributed by atoms with E-state index in [2.05, 4.69) is 5.32 Å². The molecule has 1 aliphatic rings. The molecule has 5 nitrogen and oxygen atoms in total. The maximum absolute atomic E-state index is 11.6. The van der Waals surface area contributed by atoms with Crippen LogP contribution in [0, 0.1) is 0 Å². The third-order valence-electron chi connectivity index (χ3n) is 2.71. The van der Waals surface area contributed by atoms with Crippen LogP contribution in [0.15, 0.2) is 0 Å². The van der Waals surface area contributed by atoms with Crippen LogP contribution in [0.4, 0.5) is 0 Å². The molecule has 0 aromatic rings. The lowest BCUT2D eigenvalue weighted by Crippen LogP contribution is -2.42. The molecule has 0 aromatic heterocycles. The molecule has 1 fully saturated rings. The third-order valence-corrected chi connectivity index (χ3v) is 3.52. The molecule has 3 unspecified atom stereocenters. The fourth-order valence-corrected chi connectivity index (χ4v) is 2.34. The average molecular weight is 246 g/mol. The number of hydrogen-bond acceptors (Lipinski definition) is 4. The zero-order valence-electron chi connectivity index (χ0n) is 9.86. The van der Waals surface area contributed by atoms with E-state index in [1.165, 1.54) is 7.05 Å². The number of carbonyl (C=O) groups is 2. The highest BCUT2D eigenvalue weighted by molar-refractivity contribution is 7.84. The number of imide groups is 1. The molecule has 92 valence electrons. The molecular weight excluding hydrogens is 228 g/mol. The van der Waals surface area contributed by atoms with E-state index in [4.69, 9.17) is 0 Å². The van der Waals surface area contributed by atoms with Crippen molar-refractivity contribution in [2.75, 3.05) is 19.1 Å². The summed E-state index contributed by atoms with van der Waals surface area (Å²) < 4.78 is 10.9. The minimum atomic E-state index is -0.814. The van der Waals surface area contributed by atoms with Crippen LogP contribution in [-0.2, 0) is 20.4 Å². The van der Waals surface area contributed by atoms with Gasteiger partial charge < -0.3 is 5.32 Å². The SMILES string of the molecule is CC(CCS(C)=O)NC1CC(=O)N(C)C1=O. The first-order valence-corrected chi connectivity index (χ1v) is 7.01. The summed E-state index contributed by atoms with van der Waals surface area (Å²) in [5, 5.41) is 3.10. The fraction of sp³-hybridized carbons (Fsp3) is 0.800. The zero-order valence-corrected chi connectivity index (χ0v) is 10.7. The molecule has 6 heteroatoms. The van der Waals surface area contributed by atoms with Gasteiger partial charge in [-0.2, -0.15) is 0 Å². The number of rotatable bonds is 5. The Bertz CT molecular complexity index is 319. The second kappa shape index (κ2) is 5.54. The predicted octanol–water partition coefficient (Wildman–Crippen LogP) is -0.510. The van der Waals surface area contributed by atoms with Crippen molar-refractivity contribution in [3.05, 3.63) is 0 Å². The highest BCUT2D eigenvalue weighted by Gasteiger charge is 2.36. The number of hydrogen-bond donors (Lipinski definition) is 1. The summed E-state index contributed by atoms with van der Waals surface area (Å²) in [4.78, 5) is 24.0. The van der Waals surface area contributed by atoms with Crippen LogP contribution in [0.1, 0.15) is 19.8 Å². The van der Waals surface area contributed by atoms with Crippen LogP contribution in [0.5, 0.6) is 0 Å². The normalized spacial score (nSPS) is 24.9. The Labute approximate surface area is 98.0 Å². The van der Waals surface area contributed by atoms with Gasteiger partial charge in [0.1, 0.15) is 0 Å². The van der Waals surface area contributed by atoms with Crippen molar-refractivity contribution >= 4 is 22.6 Å². The molecular formula is C10H18N2O3S. The van der Waals surface area contributed by atoms with Crippen LogP contribution in [-0.4, -0.2) is 52.1 Å². The maximum Gasteiger partial charge on any atom is 0.246 e. The topological polar surface area (TPSA) is 66.5 Å². The maximum atomic E-state index is 11.6. The first-order chi connectivity index (χ1) is 7.41. The highest BCUT2D eigenvalue weighted by Crippen LogP contribution is 2.11. The van der Waals surface area contributed by atoms with E-state index in [0.717, 1.165) is 11.3 Å². The smallest absolute Gasteiger partial charge is 0.246 e. The van der Waals surface area contributed by atoms with Crippen LogP contribution in [0.25, 0.3) is 0 Å². The van der Waals surface area contributed by atoms with Crippen molar-refractivity contribution in [1.82, 2.24) is 10.2 Å². The van der Waals surface area contributed by atoms with E-state index < -0.39 is 16.8 Å². The average Bonchev–Trinajstić information content (AvgIpc) is 2.43. The van der Waals surface area contributed by atoms with E-state index in [1.807, 2.05) is 6.92 Å². The van der Waals surface area contributed by atoms with E-state index in [0.29, 0.717) is 5.75 Å². The second-order valence-electron chi connectivity index (χ2n) is 4.18. The predicted molar refractivity (Wildman–Crippen MR) is 62.3 cm³/mol. The molecule has 1 saturated heterocycles. The van der Waals surface area contributed by atoms with Crippen molar-refractivity contribution in [3.8, 4) is 0 Å². The minimum Gasteiger partial charge on any atom is -0.303 e. The fourth-order valence-electron chi connectivity index (χ4n) is 1.66. The summed E-state index contributed by atoms with van der Waals surface area (Å²) >= 11 is 0. The zero-order chi connectivity index (χ0) is 12.3. The van der Waals surface area contributed by atoms with E-state index in [-0.39, 0.29) is 24.3 Å². The van der Waals surface area contributed by atoms with Gasteiger partial charge in [0, 0.05) is 35.9 Å². The van der Waals surface area contributed by atoms with Gasteiger partial charge in [0.05, 0.1) is 12.5 Å². The van der Waals surface area contributed by atoms with Crippen LogP contribution in [0.3, 0.4) is 0 Å². The Balaban J connectivity index is 2.40. The van der Waals surface area contributed by atoms with Gasteiger partial charge in [-0.3, -0.25) is 18.7 Å². The molecule has 0 bridgehead atoms. The summed E-state index contributed by atoms with van der Waals surface area (Å²) in [7, 11) is 0.684. The minimum absolute atomic E-state index is 0.0946. The lowest BCUT2D eigenvalue weighted by molar-refractivity contribution is -0.137. The van der Waals surface area contributed by atoms with Gasteiger partial charge in [-0.05, 0) is 13.3 Å². The first kappa shape index (κ1) is 13.3. The molecule has 1 heterocycles. The Kier molecular flexibility index (Phi) is 4.61. The Morgan fingerprint density at radius 1 is 1.56 bits per heavy atom. The highest BCUT2D eigenvalue weighted by atomic mass is 32.2. The Hall–Kier alpha value is -0.750. The molecule has 1 aliphatic heterocycles. The van der Waals surface area contributed by atoms with Crippen LogP contribution < -0.4 is 5.32 Å². The second-order valence-corrected chi connectivity index (χ2v) is 5.74. The van der Waals surface area contributed by atoms with Gasteiger partial charge >= 0.3 is 0 Å². The van der Waals surface area contributed by atoms with Crippen LogP contribution >= 0.6 is 0 Å². The first-order valence-electron chi connectivity index (χ1n) is 5.28. The molecule has 0 spiro atoms. The molecule has 0 radical (unpaired) electrons. The van der Waals surface area contributed by atoms with Gasteiger partial charge in [0.25, 0.3) is 0 Å². The summed E-state index contributed by atoms with van der Waals surface area (Å²) in [6.45, 7) is 1.93. The molecule has 3 atom stereocenters. The van der Waals surface area contributed by atoms with Gasteiger partial charge in [-0.15, -0.1) is 0 Å². The van der Waals surface area contributed by atoms with Crippen LogP contribution in [0.2, 0.25) is 0 Å². The van der Waals surface area contributed by atoms with Gasteiger partial charge in [-0.25, -0.2) is 0 Å². The summed E-state index contributed by atoms with van der Waals surface area (Å²) in [6.07, 6.45) is 2.63. The number of likely N-dealkylation sites (N-methyl/N-ethyl adjacent to an activating group) is 1. The van der Waals surface area contributed by atoms with Gasteiger partial charge in [0.15, 0.2) is 0 Å². The number of carbonyl (C=O) groups excluding carboxylic acids is 2.